The molecule has 3 rings (SSSR count). The molecule has 1 aromatic heterocycles. The number of aromatic amines is 1. The van der Waals surface area contributed by atoms with Crippen LogP contribution in [0.3, 0.4) is 0 Å². The molecule has 2 aromatic carbocycles. The summed E-state index contributed by atoms with van der Waals surface area (Å²) in [5, 5.41) is 0. The van der Waals surface area contributed by atoms with E-state index in [1.165, 1.54) is 0 Å². The highest BCUT2D eigenvalue weighted by molar-refractivity contribution is 6.08. The molecule has 1 N–H and O–H groups in total. The number of nitrogens with one attached hydrogen (secondary N) is 1. The fraction of sp³-hybridized carbons (Fsp3) is 0.0625. The zero-order valence-corrected chi connectivity index (χ0v) is 11.3. The number of benzene rings is 2. The number of rotatable bonds is 3. The Hall–Kier alpha value is -2.95. The van der Waals surface area contributed by atoms with Gasteiger partial charge in [-0.2, -0.15) is 0 Å². The van der Waals surface area contributed by atoms with Crippen molar-refractivity contribution in [2.45, 2.75) is 0 Å². The van der Waals surface area contributed by atoms with E-state index in [-0.39, 0.29) is 5.69 Å². The second-order valence-electron chi connectivity index (χ2n) is 4.49. The van der Waals surface area contributed by atoms with E-state index in [0.29, 0.717) is 22.3 Å². The molecular formula is C16H12N2O3. The van der Waals surface area contributed by atoms with Crippen molar-refractivity contribution in [1.29, 1.82) is 0 Å². The van der Waals surface area contributed by atoms with E-state index in [0.717, 1.165) is 0 Å². The van der Waals surface area contributed by atoms with Crippen molar-refractivity contribution in [1.82, 2.24) is 9.97 Å². The number of ketones is 1. The molecule has 5 nitrogen and oxygen atoms in total. The van der Waals surface area contributed by atoms with Gasteiger partial charge in [-0.15, -0.1) is 0 Å². The number of para-hydroxylation sites is 2. The molecule has 0 radical (unpaired) electrons. The number of nitrogens with zero attached hydrogens (tertiary/aromatic N) is 1. The largest absolute Gasteiger partial charge is 0.497 e. The summed E-state index contributed by atoms with van der Waals surface area (Å²) in [6.07, 6.45) is 0. The molecular weight excluding hydrogens is 268 g/mol. The van der Waals surface area contributed by atoms with Gasteiger partial charge in [-0.05, 0) is 36.4 Å². The number of carbonyl (C=O) groups excluding carboxylic acids is 1. The lowest BCUT2D eigenvalue weighted by molar-refractivity contribution is 0.103. The molecule has 3 aromatic rings. The first-order chi connectivity index (χ1) is 10.2. The van der Waals surface area contributed by atoms with E-state index in [1.807, 2.05) is 0 Å². The molecule has 0 aliphatic heterocycles. The van der Waals surface area contributed by atoms with Gasteiger partial charge in [0.05, 0.1) is 18.1 Å². The molecule has 0 aliphatic carbocycles. The van der Waals surface area contributed by atoms with Crippen LogP contribution in [0.5, 0.6) is 5.75 Å². The lowest BCUT2D eigenvalue weighted by atomic mass is 10.1. The quantitative estimate of drug-likeness (QED) is 0.746. The third-order valence-corrected chi connectivity index (χ3v) is 3.17. The molecule has 0 saturated carbocycles. The average Bonchev–Trinajstić information content (AvgIpc) is 2.53. The maximum Gasteiger partial charge on any atom is 0.278 e. The molecule has 0 bridgehead atoms. The van der Waals surface area contributed by atoms with Crippen molar-refractivity contribution >= 4 is 16.8 Å². The van der Waals surface area contributed by atoms with Crippen LogP contribution < -0.4 is 10.3 Å². The third kappa shape index (κ3) is 2.41. The van der Waals surface area contributed by atoms with Gasteiger partial charge in [0.1, 0.15) is 5.75 Å². The van der Waals surface area contributed by atoms with Gasteiger partial charge < -0.3 is 9.72 Å². The zero-order chi connectivity index (χ0) is 14.8. The van der Waals surface area contributed by atoms with Crippen LogP contribution in [-0.2, 0) is 0 Å². The van der Waals surface area contributed by atoms with Gasteiger partial charge in [0, 0.05) is 5.56 Å². The van der Waals surface area contributed by atoms with Gasteiger partial charge in [-0.3, -0.25) is 9.59 Å². The van der Waals surface area contributed by atoms with Crippen LogP contribution in [0, 0.1) is 0 Å². The SMILES string of the molecule is COc1ccc(C(=O)c2nc3ccccc3[nH]c2=O)cc1. The Balaban J connectivity index is 2.08. The van der Waals surface area contributed by atoms with Gasteiger partial charge >= 0.3 is 0 Å². The highest BCUT2D eigenvalue weighted by atomic mass is 16.5. The molecule has 5 heteroatoms. The van der Waals surface area contributed by atoms with Crippen molar-refractivity contribution < 1.29 is 9.53 Å². The van der Waals surface area contributed by atoms with Crippen LogP contribution in [0.25, 0.3) is 11.0 Å². The van der Waals surface area contributed by atoms with Crippen molar-refractivity contribution in [3.63, 3.8) is 0 Å². The maximum atomic E-state index is 12.4. The van der Waals surface area contributed by atoms with Crippen LogP contribution in [0.2, 0.25) is 0 Å². The van der Waals surface area contributed by atoms with E-state index in [4.69, 9.17) is 4.74 Å². The number of hydrogen-bond acceptors (Lipinski definition) is 4. The minimum atomic E-state index is -0.491. The summed E-state index contributed by atoms with van der Waals surface area (Å²) in [4.78, 5) is 31.2. The molecule has 0 aliphatic rings. The molecule has 21 heavy (non-hydrogen) atoms. The minimum Gasteiger partial charge on any atom is -0.497 e. The number of hydrogen-bond donors (Lipinski definition) is 1. The van der Waals surface area contributed by atoms with Crippen LogP contribution in [0.1, 0.15) is 16.1 Å². The smallest absolute Gasteiger partial charge is 0.278 e. The van der Waals surface area contributed by atoms with Crippen LogP contribution >= 0.6 is 0 Å². The molecule has 0 unspecified atom stereocenters. The highest BCUT2D eigenvalue weighted by Gasteiger charge is 2.16. The predicted molar refractivity (Wildman–Crippen MR) is 78.8 cm³/mol. The maximum absolute atomic E-state index is 12.4. The minimum absolute atomic E-state index is 0.112. The number of H-pyrrole nitrogens is 1. The number of methoxy groups -OCH3 is 1. The average molecular weight is 280 g/mol. The fourth-order valence-electron chi connectivity index (χ4n) is 2.06. The fourth-order valence-corrected chi connectivity index (χ4v) is 2.06. The Bertz CT molecular complexity index is 867. The van der Waals surface area contributed by atoms with E-state index < -0.39 is 11.3 Å². The van der Waals surface area contributed by atoms with Gasteiger partial charge in [0.2, 0.25) is 5.78 Å². The van der Waals surface area contributed by atoms with Crippen LogP contribution in [0.4, 0.5) is 0 Å². The summed E-state index contributed by atoms with van der Waals surface area (Å²) in [5.74, 6) is 0.233. The summed E-state index contributed by atoms with van der Waals surface area (Å²) in [5.41, 5.74) is 0.972. The van der Waals surface area contributed by atoms with E-state index in [2.05, 4.69) is 9.97 Å². The van der Waals surface area contributed by atoms with Crippen molar-refractivity contribution in [3.8, 4) is 5.75 Å². The number of ether oxygens (including phenoxy) is 1. The molecule has 0 amide bonds. The lowest BCUT2D eigenvalue weighted by Gasteiger charge is -2.03. The first kappa shape index (κ1) is 13.1. The third-order valence-electron chi connectivity index (χ3n) is 3.17. The number of aromatic nitrogens is 2. The highest BCUT2D eigenvalue weighted by Crippen LogP contribution is 2.14. The first-order valence-electron chi connectivity index (χ1n) is 6.37. The molecule has 104 valence electrons. The van der Waals surface area contributed by atoms with Crippen LogP contribution in [-0.4, -0.2) is 22.9 Å². The zero-order valence-electron chi connectivity index (χ0n) is 11.3. The Kier molecular flexibility index (Phi) is 3.23. The van der Waals surface area contributed by atoms with E-state index in [9.17, 15) is 9.59 Å². The Morgan fingerprint density at radius 3 is 2.52 bits per heavy atom. The summed E-state index contributed by atoms with van der Waals surface area (Å²) in [7, 11) is 1.55. The topological polar surface area (TPSA) is 72.0 Å². The van der Waals surface area contributed by atoms with Crippen molar-refractivity contribution in [2.75, 3.05) is 7.11 Å². The van der Waals surface area contributed by atoms with Gasteiger partial charge in [-0.1, -0.05) is 12.1 Å². The normalized spacial score (nSPS) is 10.5. The van der Waals surface area contributed by atoms with Gasteiger partial charge in [0.25, 0.3) is 5.56 Å². The number of fused-ring (bicyclic) bond motifs is 1. The van der Waals surface area contributed by atoms with E-state index in [1.54, 1.807) is 55.6 Å². The molecule has 0 saturated heterocycles. The lowest BCUT2D eigenvalue weighted by Crippen LogP contribution is -2.20. The predicted octanol–water partition coefficient (Wildman–Crippen LogP) is 2.16. The van der Waals surface area contributed by atoms with Gasteiger partial charge in [-0.25, -0.2) is 4.98 Å². The van der Waals surface area contributed by atoms with Gasteiger partial charge in [0.15, 0.2) is 5.69 Å². The first-order valence-corrected chi connectivity index (χ1v) is 6.37. The summed E-state index contributed by atoms with van der Waals surface area (Å²) in [6.45, 7) is 0. The standard InChI is InChI=1S/C16H12N2O3/c1-21-11-8-6-10(7-9-11)15(19)14-16(20)18-13-5-3-2-4-12(13)17-14/h2-9H,1H3,(H,18,20). The molecule has 0 atom stereocenters. The Morgan fingerprint density at radius 1 is 1.10 bits per heavy atom. The number of carbonyl (C=O) groups is 1. The van der Waals surface area contributed by atoms with Crippen molar-refractivity contribution in [3.05, 3.63) is 70.1 Å². The molecule has 1 heterocycles. The summed E-state index contributed by atoms with van der Waals surface area (Å²) >= 11 is 0. The second kappa shape index (κ2) is 5.20. The van der Waals surface area contributed by atoms with E-state index >= 15 is 0 Å². The Morgan fingerprint density at radius 2 is 1.81 bits per heavy atom. The second-order valence-corrected chi connectivity index (χ2v) is 4.49. The molecule has 0 spiro atoms. The van der Waals surface area contributed by atoms with Crippen LogP contribution in [0.15, 0.2) is 53.3 Å². The Labute approximate surface area is 120 Å². The summed E-state index contributed by atoms with van der Waals surface area (Å²) in [6, 6.07) is 13.6. The summed E-state index contributed by atoms with van der Waals surface area (Å²) < 4.78 is 5.04. The molecule has 0 fully saturated rings. The monoisotopic (exact) mass is 280 g/mol. The van der Waals surface area contributed by atoms with Crippen molar-refractivity contribution in [2.24, 2.45) is 0 Å².